The number of ether oxygens (including phenoxy) is 2. The van der Waals surface area contributed by atoms with Crippen molar-refractivity contribution < 1.29 is 9.47 Å². The first-order valence-corrected chi connectivity index (χ1v) is 7.19. The molecular formula is C14H30N2O2. The molecule has 0 bridgehead atoms. The van der Waals surface area contributed by atoms with E-state index >= 15 is 0 Å². The van der Waals surface area contributed by atoms with Crippen molar-refractivity contribution in [3.05, 3.63) is 0 Å². The third-order valence-electron chi connectivity index (χ3n) is 3.70. The van der Waals surface area contributed by atoms with Gasteiger partial charge in [-0.05, 0) is 25.3 Å². The molecule has 18 heavy (non-hydrogen) atoms. The smallest absolute Gasteiger partial charge is 0.0589 e. The summed E-state index contributed by atoms with van der Waals surface area (Å²) in [6.45, 7) is 10.8. The summed E-state index contributed by atoms with van der Waals surface area (Å²) in [5.74, 6) is 0.866. The van der Waals surface area contributed by atoms with Crippen molar-refractivity contribution in [2.45, 2.75) is 19.8 Å². The van der Waals surface area contributed by atoms with Gasteiger partial charge in [-0.15, -0.1) is 0 Å². The van der Waals surface area contributed by atoms with Gasteiger partial charge in [0, 0.05) is 46.9 Å². The second-order valence-electron chi connectivity index (χ2n) is 5.38. The standard InChI is InChI=1S/C14H30N2O2/c1-14-5-4-6-16(13-14)8-7-15(9-11-17-2)10-12-18-3/h14H,4-13H2,1-3H3/t14-/m0/s1. The maximum absolute atomic E-state index is 5.17. The van der Waals surface area contributed by atoms with Gasteiger partial charge in [0.05, 0.1) is 13.2 Å². The maximum atomic E-state index is 5.17. The molecule has 1 heterocycles. The molecule has 0 amide bonds. The molecule has 1 rings (SSSR count). The summed E-state index contributed by atoms with van der Waals surface area (Å²) in [6, 6.07) is 0. The summed E-state index contributed by atoms with van der Waals surface area (Å²) in [4.78, 5) is 5.03. The van der Waals surface area contributed by atoms with Gasteiger partial charge < -0.3 is 14.4 Å². The highest BCUT2D eigenvalue weighted by molar-refractivity contribution is 4.71. The second kappa shape index (κ2) is 9.73. The average Bonchev–Trinajstić information content (AvgIpc) is 2.38. The van der Waals surface area contributed by atoms with Crippen molar-refractivity contribution in [1.29, 1.82) is 0 Å². The molecule has 1 saturated heterocycles. The molecule has 1 fully saturated rings. The van der Waals surface area contributed by atoms with Gasteiger partial charge in [-0.3, -0.25) is 4.90 Å². The zero-order chi connectivity index (χ0) is 13.2. The van der Waals surface area contributed by atoms with Crippen LogP contribution in [-0.4, -0.2) is 76.5 Å². The molecule has 0 aliphatic carbocycles. The SMILES string of the molecule is COCCN(CCOC)CCN1CCC[C@H](C)C1. The molecule has 0 aromatic rings. The van der Waals surface area contributed by atoms with E-state index in [1.165, 1.54) is 32.5 Å². The van der Waals surface area contributed by atoms with Gasteiger partial charge >= 0.3 is 0 Å². The zero-order valence-corrected chi connectivity index (χ0v) is 12.4. The Bertz CT molecular complexity index is 194. The van der Waals surface area contributed by atoms with Gasteiger partial charge in [0.2, 0.25) is 0 Å². The average molecular weight is 258 g/mol. The van der Waals surface area contributed by atoms with Crippen molar-refractivity contribution >= 4 is 0 Å². The number of nitrogens with zero attached hydrogens (tertiary/aromatic N) is 2. The summed E-state index contributed by atoms with van der Waals surface area (Å²) in [5.41, 5.74) is 0. The highest BCUT2D eigenvalue weighted by atomic mass is 16.5. The van der Waals surface area contributed by atoms with E-state index in [-0.39, 0.29) is 0 Å². The van der Waals surface area contributed by atoms with Crippen LogP contribution >= 0.6 is 0 Å². The molecule has 4 nitrogen and oxygen atoms in total. The Morgan fingerprint density at radius 2 is 1.78 bits per heavy atom. The Kier molecular flexibility index (Phi) is 8.59. The molecule has 0 spiro atoms. The van der Waals surface area contributed by atoms with Crippen molar-refractivity contribution in [2.24, 2.45) is 5.92 Å². The lowest BCUT2D eigenvalue weighted by Gasteiger charge is -2.32. The van der Waals surface area contributed by atoms with Crippen LogP contribution in [0.5, 0.6) is 0 Å². The molecule has 1 atom stereocenters. The van der Waals surface area contributed by atoms with Crippen LogP contribution in [0, 0.1) is 5.92 Å². The summed E-state index contributed by atoms with van der Waals surface area (Å²) in [5, 5.41) is 0. The molecule has 1 aliphatic heterocycles. The largest absolute Gasteiger partial charge is 0.383 e. The lowest BCUT2D eigenvalue weighted by atomic mass is 10.0. The first kappa shape index (κ1) is 15.9. The molecule has 4 heteroatoms. The molecule has 0 radical (unpaired) electrons. The molecular weight excluding hydrogens is 228 g/mol. The van der Waals surface area contributed by atoms with Crippen LogP contribution in [0.4, 0.5) is 0 Å². The van der Waals surface area contributed by atoms with E-state index in [1.807, 2.05) is 0 Å². The molecule has 108 valence electrons. The minimum atomic E-state index is 0.806. The zero-order valence-electron chi connectivity index (χ0n) is 12.4. The van der Waals surface area contributed by atoms with E-state index < -0.39 is 0 Å². The summed E-state index contributed by atoms with van der Waals surface area (Å²) < 4.78 is 10.3. The highest BCUT2D eigenvalue weighted by Crippen LogP contribution is 2.14. The summed E-state index contributed by atoms with van der Waals surface area (Å²) >= 11 is 0. The van der Waals surface area contributed by atoms with Crippen LogP contribution < -0.4 is 0 Å². The Balaban J connectivity index is 2.21. The van der Waals surface area contributed by atoms with Crippen LogP contribution in [-0.2, 0) is 9.47 Å². The fourth-order valence-corrected chi connectivity index (χ4v) is 2.55. The van der Waals surface area contributed by atoms with Crippen LogP contribution in [0.2, 0.25) is 0 Å². The number of hydrogen-bond donors (Lipinski definition) is 0. The predicted octanol–water partition coefficient (Wildman–Crippen LogP) is 1.31. The molecule has 0 saturated carbocycles. The number of piperidine rings is 1. The first-order valence-electron chi connectivity index (χ1n) is 7.19. The van der Waals surface area contributed by atoms with E-state index in [1.54, 1.807) is 14.2 Å². The normalized spacial score (nSPS) is 21.7. The molecule has 0 aromatic heterocycles. The topological polar surface area (TPSA) is 24.9 Å². The van der Waals surface area contributed by atoms with Gasteiger partial charge in [0.25, 0.3) is 0 Å². The van der Waals surface area contributed by atoms with Gasteiger partial charge in [-0.25, -0.2) is 0 Å². The van der Waals surface area contributed by atoms with Crippen LogP contribution in [0.15, 0.2) is 0 Å². The summed E-state index contributed by atoms with van der Waals surface area (Å²) in [6.07, 6.45) is 2.75. The van der Waals surface area contributed by atoms with Crippen molar-refractivity contribution in [2.75, 3.05) is 66.7 Å². The molecule has 0 N–H and O–H groups in total. The molecule has 0 unspecified atom stereocenters. The van der Waals surface area contributed by atoms with E-state index in [9.17, 15) is 0 Å². The van der Waals surface area contributed by atoms with Crippen molar-refractivity contribution in [3.63, 3.8) is 0 Å². The van der Waals surface area contributed by atoms with Gasteiger partial charge in [0.1, 0.15) is 0 Å². The first-order chi connectivity index (χ1) is 8.76. The predicted molar refractivity (Wildman–Crippen MR) is 75.0 cm³/mol. The van der Waals surface area contributed by atoms with Gasteiger partial charge in [-0.2, -0.15) is 0 Å². The van der Waals surface area contributed by atoms with Crippen LogP contribution in [0.25, 0.3) is 0 Å². The minimum Gasteiger partial charge on any atom is -0.383 e. The number of rotatable bonds is 9. The molecule has 1 aliphatic rings. The Morgan fingerprint density at radius 3 is 2.33 bits per heavy atom. The Morgan fingerprint density at radius 1 is 1.11 bits per heavy atom. The van der Waals surface area contributed by atoms with Crippen molar-refractivity contribution in [3.8, 4) is 0 Å². The lowest BCUT2D eigenvalue weighted by molar-refractivity contribution is 0.0976. The van der Waals surface area contributed by atoms with E-state index in [2.05, 4.69) is 16.7 Å². The van der Waals surface area contributed by atoms with Crippen LogP contribution in [0.1, 0.15) is 19.8 Å². The number of likely N-dealkylation sites (tertiary alicyclic amines) is 1. The Hall–Kier alpha value is -0.160. The fraction of sp³-hybridized carbons (Fsp3) is 1.00. The molecule has 0 aromatic carbocycles. The van der Waals surface area contributed by atoms with Crippen molar-refractivity contribution in [1.82, 2.24) is 9.80 Å². The highest BCUT2D eigenvalue weighted by Gasteiger charge is 2.16. The third-order valence-corrected chi connectivity index (χ3v) is 3.70. The monoisotopic (exact) mass is 258 g/mol. The minimum absolute atomic E-state index is 0.806. The summed E-state index contributed by atoms with van der Waals surface area (Å²) in [7, 11) is 3.53. The third kappa shape index (κ3) is 6.69. The van der Waals surface area contributed by atoms with E-state index in [4.69, 9.17) is 9.47 Å². The maximum Gasteiger partial charge on any atom is 0.0589 e. The lowest BCUT2D eigenvalue weighted by Crippen LogP contribution is -2.41. The van der Waals surface area contributed by atoms with Gasteiger partial charge in [0.15, 0.2) is 0 Å². The van der Waals surface area contributed by atoms with Crippen LogP contribution in [0.3, 0.4) is 0 Å². The quantitative estimate of drug-likeness (QED) is 0.622. The van der Waals surface area contributed by atoms with E-state index in [0.29, 0.717) is 0 Å². The second-order valence-corrected chi connectivity index (χ2v) is 5.38. The number of hydrogen-bond acceptors (Lipinski definition) is 4. The fourth-order valence-electron chi connectivity index (χ4n) is 2.55. The van der Waals surface area contributed by atoms with Gasteiger partial charge in [-0.1, -0.05) is 6.92 Å². The van der Waals surface area contributed by atoms with E-state index in [0.717, 1.165) is 38.8 Å². The Labute approximate surface area is 112 Å². The number of methoxy groups -OCH3 is 2.